The summed E-state index contributed by atoms with van der Waals surface area (Å²) in [5.41, 5.74) is 0. The molecule has 4 heteroatoms. The molecule has 0 aromatic heterocycles. The third kappa shape index (κ3) is 3.50. The van der Waals surface area contributed by atoms with Gasteiger partial charge in [-0.15, -0.1) is 0 Å². The zero-order valence-corrected chi connectivity index (χ0v) is 9.80. The van der Waals surface area contributed by atoms with E-state index in [1.165, 1.54) is 6.42 Å². The maximum atomic E-state index is 11.5. The van der Waals surface area contributed by atoms with Crippen LogP contribution in [0.25, 0.3) is 0 Å². The normalized spacial score (nSPS) is 24.4. The van der Waals surface area contributed by atoms with E-state index in [-0.39, 0.29) is 11.2 Å². The van der Waals surface area contributed by atoms with Gasteiger partial charge in [0.1, 0.15) is 0 Å². The fourth-order valence-electron chi connectivity index (χ4n) is 1.75. The molecule has 3 nitrogen and oxygen atoms in total. The number of hydrogen-bond donors (Lipinski definition) is 1. The van der Waals surface area contributed by atoms with Crippen molar-refractivity contribution in [2.45, 2.75) is 25.0 Å². The lowest BCUT2D eigenvalue weighted by Gasteiger charge is -2.27. The van der Waals surface area contributed by atoms with Gasteiger partial charge in [-0.05, 0) is 25.7 Å². The molecule has 82 valence electrons. The Bertz CT molecular complexity index is 191. The summed E-state index contributed by atoms with van der Waals surface area (Å²) in [6.07, 6.45) is 2.28. The second-order valence-electron chi connectivity index (χ2n) is 3.98. The molecule has 0 saturated carbocycles. The van der Waals surface area contributed by atoms with Crippen LogP contribution in [0.2, 0.25) is 0 Å². The average molecular weight is 217 g/mol. The van der Waals surface area contributed by atoms with E-state index in [1.54, 1.807) is 11.8 Å². The van der Waals surface area contributed by atoms with Gasteiger partial charge in [-0.2, -0.15) is 12.6 Å². The van der Waals surface area contributed by atoms with Crippen LogP contribution in [-0.4, -0.2) is 42.9 Å². The maximum Gasteiger partial charge on any atom is 0.234 e. The Hall–Kier alpha value is -0.220. The molecule has 1 aliphatic rings. The molecule has 0 aliphatic carbocycles. The molecule has 0 bridgehead atoms. The Morgan fingerprint density at radius 2 is 2.43 bits per heavy atom. The van der Waals surface area contributed by atoms with E-state index < -0.39 is 0 Å². The van der Waals surface area contributed by atoms with Crippen LogP contribution >= 0.6 is 12.6 Å². The lowest BCUT2D eigenvalue weighted by atomic mass is 10.0. The van der Waals surface area contributed by atoms with Gasteiger partial charge in [-0.3, -0.25) is 4.79 Å². The Balaban J connectivity index is 2.31. The number of thiol groups is 1. The minimum Gasteiger partial charge on any atom is -0.381 e. The van der Waals surface area contributed by atoms with Crippen molar-refractivity contribution in [3.63, 3.8) is 0 Å². The molecule has 1 saturated heterocycles. The molecule has 0 spiro atoms. The Labute approximate surface area is 91.2 Å². The molecule has 0 radical (unpaired) electrons. The van der Waals surface area contributed by atoms with Gasteiger partial charge in [0.05, 0.1) is 11.9 Å². The van der Waals surface area contributed by atoms with Gasteiger partial charge in [-0.1, -0.05) is 0 Å². The van der Waals surface area contributed by atoms with Crippen molar-refractivity contribution in [1.29, 1.82) is 0 Å². The van der Waals surface area contributed by atoms with Crippen LogP contribution in [-0.2, 0) is 9.53 Å². The standard InChI is InChI=1S/C10H19NO2S/c1-8(14)10(12)11(2)6-9-4-3-5-13-7-9/h8-9,14H,3-7H2,1-2H3. The maximum absolute atomic E-state index is 11.5. The van der Waals surface area contributed by atoms with Crippen molar-refractivity contribution in [2.24, 2.45) is 5.92 Å². The summed E-state index contributed by atoms with van der Waals surface area (Å²) in [5.74, 6) is 0.601. The fourth-order valence-corrected chi connectivity index (χ4v) is 1.94. The first-order valence-electron chi connectivity index (χ1n) is 5.12. The molecule has 14 heavy (non-hydrogen) atoms. The number of amides is 1. The smallest absolute Gasteiger partial charge is 0.234 e. The molecular formula is C10H19NO2S. The predicted octanol–water partition coefficient (Wildman–Crippen LogP) is 1.19. The zero-order chi connectivity index (χ0) is 10.6. The molecule has 0 aromatic rings. The second kappa shape index (κ2) is 5.61. The third-order valence-electron chi connectivity index (χ3n) is 2.52. The SMILES string of the molecule is CC(S)C(=O)N(C)CC1CCCOC1. The summed E-state index contributed by atoms with van der Waals surface area (Å²) < 4.78 is 5.37. The van der Waals surface area contributed by atoms with Crippen molar-refractivity contribution in [2.75, 3.05) is 26.8 Å². The van der Waals surface area contributed by atoms with Crippen molar-refractivity contribution in [3.8, 4) is 0 Å². The summed E-state index contributed by atoms with van der Waals surface area (Å²) in [6.45, 7) is 4.26. The van der Waals surface area contributed by atoms with Crippen LogP contribution in [0.5, 0.6) is 0 Å². The van der Waals surface area contributed by atoms with E-state index in [2.05, 4.69) is 12.6 Å². The first-order chi connectivity index (χ1) is 6.61. The Kier molecular flexibility index (Phi) is 4.75. The highest BCUT2D eigenvalue weighted by atomic mass is 32.1. The van der Waals surface area contributed by atoms with Gasteiger partial charge in [0, 0.05) is 20.2 Å². The molecule has 1 amide bonds. The summed E-state index contributed by atoms with van der Waals surface area (Å²) in [4.78, 5) is 13.3. The van der Waals surface area contributed by atoms with E-state index in [0.717, 1.165) is 26.2 Å². The highest BCUT2D eigenvalue weighted by Crippen LogP contribution is 2.15. The first kappa shape index (κ1) is 11.9. The quantitative estimate of drug-likeness (QED) is 0.720. The topological polar surface area (TPSA) is 29.5 Å². The van der Waals surface area contributed by atoms with Crippen LogP contribution in [0.1, 0.15) is 19.8 Å². The molecule has 1 fully saturated rings. The fraction of sp³-hybridized carbons (Fsp3) is 0.900. The van der Waals surface area contributed by atoms with E-state index >= 15 is 0 Å². The van der Waals surface area contributed by atoms with Gasteiger partial charge < -0.3 is 9.64 Å². The minimum absolute atomic E-state index is 0.0962. The van der Waals surface area contributed by atoms with E-state index in [9.17, 15) is 4.79 Å². The van der Waals surface area contributed by atoms with Gasteiger partial charge in [0.2, 0.25) is 5.91 Å². The van der Waals surface area contributed by atoms with E-state index in [1.807, 2.05) is 7.05 Å². The van der Waals surface area contributed by atoms with Crippen LogP contribution in [0.4, 0.5) is 0 Å². The second-order valence-corrected chi connectivity index (χ2v) is 4.75. The minimum atomic E-state index is -0.204. The number of carbonyl (C=O) groups excluding carboxylic acids is 1. The van der Waals surface area contributed by atoms with Gasteiger partial charge in [0.15, 0.2) is 0 Å². The van der Waals surface area contributed by atoms with Crippen LogP contribution < -0.4 is 0 Å². The van der Waals surface area contributed by atoms with E-state index in [0.29, 0.717) is 5.92 Å². The highest BCUT2D eigenvalue weighted by Gasteiger charge is 2.20. The summed E-state index contributed by atoms with van der Waals surface area (Å²) in [7, 11) is 1.84. The number of ether oxygens (including phenoxy) is 1. The molecule has 1 rings (SSSR count). The zero-order valence-electron chi connectivity index (χ0n) is 8.90. The largest absolute Gasteiger partial charge is 0.381 e. The van der Waals surface area contributed by atoms with Crippen molar-refractivity contribution in [3.05, 3.63) is 0 Å². The monoisotopic (exact) mass is 217 g/mol. The number of rotatable bonds is 3. The molecule has 0 aromatic carbocycles. The van der Waals surface area contributed by atoms with E-state index in [4.69, 9.17) is 4.74 Å². The average Bonchev–Trinajstić information content (AvgIpc) is 2.18. The van der Waals surface area contributed by atoms with Crippen molar-refractivity contribution >= 4 is 18.5 Å². The molecule has 2 unspecified atom stereocenters. The van der Waals surface area contributed by atoms with Crippen LogP contribution in [0.15, 0.2) is 0 Å². The Morgan fingerprint density at radius 1 is 1.71 bits per heavy atom. The summed E-state index contributed by atoms with van der Waals surface area (Å²) in [6, 6.07) is 0. The van der Waals surface area contributed by atoms with Gasteiger partial charge in [-0.25, -0.2) is 0 Å². The number of hydrogen-bond acceptors (Lipinski definition) is 3. The lowest BCUT2D eigenvalue weighted by Crippen LogP contribution is -2.38. The highest BCUT2D eigenvalue weighted by molar-refractivity contribution is 7.81. The molecular weight excluding hydrogens is 198 g/mol. The molecule has 1 heterocycles. The molecule has 1 aliphatic heterocycles. The summed E-state index contributed by atoms with van der Waals surface area (Å²) >= 11 is 4.13. The van der Waals surface area contributed by atoms with Gasteiger partial charge >= 0.3 is 0 Å². The summed E-state index contributed by atoms with van der Waals surface area (Å²) in [5, 5.41) is -0.204. The van der Waals surface area contributed by atoms with Gasteiger partial charge in [0.25, 0.3) is 0 Å². The number of nitrogens with zero attached hydrogens (tertiary/aromatic N) is 1. The predicted molar refractivity (Wildman–Crippen MR) is 59.6 cm³/mol. The molecule has 2 atom stereocenters. The van der Waals surface area contributed by atoms with Crippen molar-refractivity contribution in [1.82, 2.24) is 4.90 Å². The third-order valence-corrected chi connectivity index (χ3v) is 2.74. The van der Waals surface area contributed by atoms with Crippen LogP contribution in [0, 0.1) is 5.92 Å². The lowest BCUT2D eigenvalue weighted by molar-refractivity contribution is -0.130. The van der Waals surface area contributed by atoms with Crippen LogP contribution in [0.3, 0.4) is 0 Å². The Morgan fingerprint density at radius 3 is 2.93 bits per heavy atom. The number of carbonyl (C=O) groups is 1. The van der Waals surface area contributed by atoms with Crippen molar-refractivity contribution < 1.29 is 9.53 Å². The first-order valence-corrected chi connectivity index (χ1v) is 5.63. The molecule has 0 N–H and O–H groups in total.